The molecule has 2 aliphatic heterocycles. The Bertz CT molecular complexity index is 1550. The van der Waals surface area contributed by atoms with E-state index in [4.69, 9.17) is 25.4 Å². The van der Waals surface area contributed by atoms with Crippen LogP contribution in [0.1, 0.15) is 34.6 Å². The second-order valence-corrected chi connectivity index (χ2v) is 14.9. The van der Waals surface area contributed by atoms with Crippen molar-refractivity contribution in [3.8, 4) is 11.5 Å². The fourth-order valence-corrected chi connectivity index (χ4v) is 6.32. The SMILES string of the molecule is CC(=N)/C(C)=C(\N)Nc1ncnc2cc(OCCN3CCN(c4ncc(OC[C@H]5CN(C)CCO5)cn4)CC3)c(SC(C)(C)C)cc12. The fourth-order valence-electron chi connectivity index (χ4n) is 5.27. The molecule has 0 spiro atoms. The molecule has 5 rings (SSSR count). The summed E-state index contributed by atoms with van der Waals surface area (Å²) in [4.78, 5) is 26.0. The Balaban J connectivity index is 1.16. The van der Waals surface area contributed by atoms with E-state index in [1.165, 1.54) is 6.33 Å². The maximum atomic E-state index is 7.91. The van der Waals surface area contributed by atoms with Crippen LogP contribution in [-0.4, -0.2) is 119 Å². The number of piperazine rings is 1. The normalized spacial score (nSPS) is 18.6. The molecule has 254 valence electrons. The summed E-state index contributed by atoms with van der Waals surface area (Å²) >= 11 is 1.74. The molecule has 0 radical (unpaired) electrons. The number of nitrogens with one attached hydrogen (secondary N) is 2. The van der Waals surface area contributed by atoms with Gasteiger partial charge in [0.25, 0.3) is 0 Å². The van der Waals surface area contributed by atoms with Crippen molar-refractivity contribution in [3.05, 3.63) is 42.2 Å². The smallest absolute Gasteiger partial charge is 0.225 e. The van der Waals surface area contributed by atoms with Crippen LogP contribution in [0.15, 0.2) is 47.1 Å². The lowest BCUT2D eigenvalue weighted by molar-refractivity contribution is -0.0404. The number of aromatic nitrogens is 4. The Hall–Kier alpha value is -3.72. The highest BCUT2D eigenvalue weighted by Gasteiger charge is 2.22. The molecular weight excluding hydrogens is 616 g/mol. The van der Waals surface area contributed by atoms with Gasteiger partial charge < -0.3 is 40.5 Å². The molecule has 0 aliphatic carbocycles. The molecule has 4 N–H and O–H groups in total. The van der Waals surface area contributed by atoms with Crippen molar-refractivity contribution in [3.63, 3.8) is 0 Å². The Labute approximate surface area is 281 Å². The van der Waals surface area contributed by atoms with E-state index in [9.17, 15) is 0 Å². The molecule has 0 bridgehead atoms. The van der Waals surface area contributed by atoms with Gasteiger partial charge in [0.15, 0.2) is 5.75 Å². The van der Waals surface area contributed by atoms with Gasteiger partial charge in [0.05, 0.1) is 29.4 Å². The Morgan fingerprint density at radius 3 is 2.49 bits per heavy atom. The molecule has 0 amide bonds. The number of hydrogen-bond acceptors (Lipinski definition) is 14. The van der Waals surface area contributed by atoms with Crippen molar-refractivity contribution in [1.29, 1.82) is 5.41 Å². The predicted molar refractivity (Wildman–Crippen MR) is 188 cm³/mol. The number of thioether (sulfide) groups is 1. The number of rotatable bonds is 12. The first-order chi connectivity index (χ1) is 22.4. The van der Waals surface area contributed by atoms with Gasteiger partial charge in [-0.3, -0.25) is 4.90 Å². The van der Waals surface area contributed by atoms with E-state index >= 15 is 0 Å². The monoisotopic (exact) mass is 664 g/mol. The van der Waals surface area contributed by atoms with Crippen LogP contribution in [0, 0.1) is 5.41 Å². The van der Waals surface area contributed by atoms with Crippen LogP contribution in [0.3, 0.4) is 0 Å². The highest BCUT2D eigenvalue weighted by atomic mass is 32.2. The molecule has 1 aromatic carbocycles. The molecule has 2 aromatic heterocycles. The van der Waals surface area contributed by atoms with E-state index in [1.807, 2.05) is 13.0 Å². The molecule has 2 saturated heterocycles. The first kappa shape index (κ1) is 34.6. The number of anilines is 2. The number of likely N-dealkylation sites (N-methyl/N-ethyl adjacent to an activating group) is 1. The minimum Gasteiger partial charge on any atom is -0.491 e. The topological polar surface area (TPSA) is 151 Å². The number of hydrogen-bond donors (Lipinski definition) is 3. The van der Waals surface area contributed by atoms with E-state index in [-0.39, 0.29) is 10.9 Å². The van der Waals surface area contributed by atoms with Crippen LogP contribution in [0.2, 0.25) is 0 Å². The van der Waals surface area contributed by atoms with Crippen molar-refractivity contribution in [1.82, 2.24) is 29.7 Å². The zero-order valence-electron chi connectivity index (χ0n) is 28.4. The lowest BCUT2D eigenvalue weighted by Gasteiger charge is -2.34. The Morgan fingerprint density at radius 2 is 1.81 bits per heavy atom. The van der Waals surface area contributed by atoms with Crippen LogP contribution in [0.5, 0.6) is 11.5 Å². The molecule has 4 heterocycles. The number of nitrogens with two attached hydrogens (primary N) is 1. The van der Waals surface area contributed by atoms with Gasteiger partial charge in [-0.25, -0.2) is 19.9 Å². The van der Waals surface area contributed by atoms with Crippen molar-refractivity contribution in [2.24, 2.45) is 5.73 Å². The summed E-state index contributed by atoms with van der Waals surface area (Å²) in [6, 6.07) is 4.05. The van der Waals surface area contributed by atoms with Gasteiger partial charge in [-0.2, -0.15) is 0 Å². The first-order valence-electron chi connectivity index (χ1n) is 16.1. The third-order valence-corrected chi connectivity index (χ3v) is 9.20. The van der Waals surface area contributed by atoms with Crippen molar-refractivity contribution < 1.29 is 14.2 Å². The molecular formula is C33H48N10O3S. The summed E-state index contributed by atoms with van der Waals surface area (Å²) in [6.07, 6.45) is 5.08. The molecule has 1 atom stereocenters. The number of allylic oxidation sites excluding steroid dienone is 1. The average Bonchev–Trinajstić information content (AvgIpc) is 3.04. The van der Waals surface area contributed by atoms with E-state index in [0.29, 0.717) is 41.9 Å². The van der Waals surface area contributed by atoms with Crippen LogP contribution in [0.4, 0.5) is 11.8 Å². The summed E-state index contributed by atoms with van der Waals surface area (Å²) < 4.78 is 18.0. The second kappa shape index (κ2) is 15.5. The van der Waals surface area contributed by atoms with E-state index in [0.717, 1.165) is 79.9 Å². The standard InChI is InChI=1S/C33H48N10O3S/c1-22(23(2)34)30(35)40-31-26-15-29(47-33(3,4)5)28(16-27(26)38-21-39-31)45-14-12-42-7-9-43(10-8-42)32-36-17-24(18-37-32)46-20-25-19-41(6)11-13-44-25/h15-18,21,25,34H,7-14,19-20,35H2,1-6H3,(H,38,39,40)/b30-22+,34-23?/t25-/m1/s1. The molecule has 47 heavy (non-hydrogen) atoms. The molecule has 2 fully saturated rings. The fraction of sp³-hybridized carbons (Fsp3) is 0.545. The molecule has 2 aliphatic rings. The lowest BCUT2D eigenvalue weighted by atomic mass is 10.2. The van der Waals surface area contributed by atoms with Crippen LogP contribution >= 0.6 is 11.8 Å². The van der Waals surface area contributed by atoms with Crippen molar-refractivity contribution in [2.45, 2.75) is 50.4 Å². The van der Waals surface area contributed by atoms with Crippen LogP contribution in [0.25, 0.3) is 10.9 Å². The van der Waals surface area contributed by atoms with Gasteiger partial charge in [-0.15, -0.1) is 11.8 Å². The minimum atomic E-state index is -0.0363. The second-order valence-electron chi connectivity index (χ2n) is 13.0. The largest absolute Gasteiger partial charge is 0.491 e. The number of benzene rings is 1. The van der Waals surface area contributed by atoms with Crippen molar-refractivity contribution >= 4 is 40.1 Å². The van der Waals surface area contributed by atoms with Crippen molar-refractivity contribution in [2.75, 3.05) is 82.9 Å². The van der Waals surface area contributed by atoms with Gasteiger partial charge in [0, 0.05) is 73.3 Å². The minimum absolute atomic E-state index is 0.0363. The number of ether oxygens (including phenoxy) is 3. The zero-order chi connectivity index (χ0) is 33.6. The van der Waals surface area contributed by atoms with Crippen LogP contribution in [-0.2, 0) is 4.74 Å². The van der Waals surface area contributed by atoms with Gasteiger partial charge in [0.1, 0.15) is 43.0 Å². The molecule has 14 heteroatoms. The Morgan fingerprint density at radius 1 is 1.06 bits per heavy atom. The zero-order valence-corrected chi connectivity index (χ0v) is 29.2. The van der Waals surface area contributed by atoms with Gasteiger partial charge in [-0.05, 0) is 27.0 Å². The Kier molecular flexibility index (Phi) is 11.4. The van der Waals surface area contributed by atoms with Gasteiger partial charge >= 0.3 is 0 Å². The highest BCUT2D eigenvalue weighted by Crippen LogP contribution is 2.41. The summed E-state index contributed by atoms with van der Waals surface area (Å²) in [5, 5.41) is 11.9. The highest BCUT2D eigenvalue weighted by molar-refractivity contribution is 8.00. The third kappa shape index (κ3) is 9.66. The molecule has 13 nitrogen and oxygen atoms in total. The third-order valence-electron chi connectivity index (χ3n) is 8.05. The van der Waals surface area contributed by atoms with Gasteiger partial charge in [0.2, 0.25) is 5.95 Å². The number of fused-ring (bicyclic) bond motifs is 1. The quantitative estimate of drug-likeness (QED) is 0.190. The maximum absolute atomic E-state index is 7.91. The average molecular weight is 665 g/mol. The predicted octanol–water partition coefficient (Wildman–Crippen LogP) is 3.86. The number of morpholine rings is 1. The van der Waals surface area contributed by atoms with E-state index in [1.54, 1.807) is 31.1 Å². The number of nitrogens with zero attached hydrogens (tertiary/aromatic N) is 7. The summed E-state index contributed by atoms with van der Waals surface area (Å²) in [7, 11) is 2.10. The summed E-state index contributed by atoms with van der Waals surface area (Å²) in [5.41, 5.74) is 8.08. The van der Waals surface area contributed by atoms with Gasteiger partial charge in [-0.1, -0.05) is 20.8 Å². The summed E-state index contributed by atoms with van der Waals surface area (Å²) in [6.45, 7) is 17.9. The van der Waals surface area contributed by atoms with E-state index < -0.39 is 0 Å². The first-order valence-corrected chi connectivity index (χ1v) is 16.9. The maximum Gasteiger partial charge on any atom is 0.225 e. The molecule has 3 aromatic rings. The molecule has 0 unspecified atom stereocenters. The van der Waals surface area contributed by atoms with E-state index in [2.05, 4.69) is 73.8 Å². The van der Waals surface area contributed by atoms with Crippen LogP contribution < -0.4 is 25.4 Å². The lowest BCUT2D eigenvalue weighted by Crippen LogP contribution is -2.48. The summed E-state index contributed by atoms with van der Waals surface area (Å²) in [5.74, 6) is 3.18. The molecule has 0 saturated carbocycles.